The average molecular weight is 248 g/mol. The van der Waals surface area contributed by atoms with Crippen molar-refractivity contribution in [2.75, 3.05) is 26.7 Å². The normalized spacial score (nSPS) is 10.4. The Kier molecular flexibility index (Phi) is 5.52. The van der Waals surface area contributed by atoms with Crippen LogP contribution in [0.1, 0.15) is 22.8 Å². The molecule has 0 aliphatic carbocycles. The van der Waals surface area contributed by atoms with Gasteiger partial charge in [0.2, 0.25) is 5.91 Å². The topological polar surface area (TPSA) is 49.4 Å². The molecule has 1 N–H and O–H groups in total. The maximum absolute atomic E-state index is 12.0. The predicted molar refractivity (Wildman–Crippen MR) is 71.7 cm³/mol. The zero-order valence-electron chi connectivity index (χ0n) is 11.2. The molecular formula is C14H20N2O2. The van der Waals surface area contributed by atoms with Crippen molar-refractivity contribution in [3.05, 3.63) is 35.4 Å². The van der Waals surface area contributed by atoms with Crippen LogP contribution in [0.5, 0.6) is 0 Å². The number of carbonyl (C=O) groups excluding carboxylic acids is 2. The lowest BCUT2D eigenvalue weighted by molar-refractivity contribution is -0.121. The van der Waals surface area contributed by atoms with Crippen LogP contribution in [0.3, 0.4) is 0 Å². The first-order chi connectivity index (χ1) is 8.54. The van der Waals surface area contributed by atoms with Gasteiger partial charge in [-0.1, -0.05) is 24.3 Å². The van der Waals surface area contributed by atoms with Crippen LogP contribution in [0.4, 0.5) is 0 Å². The number of Topliss-reactive ketones (excluding diaryl/α,β-unsaturated/α-hetero) is 1. The molecule has 0 saturated carbocycles. The van der Waals surface area contributed by atoms with Crippen LogP contribution in [0.15, 0.2) is 24.3 Å². The van der Waals surface area contributed by atoms with Crippen molar-refractivity contribution in [2.45, 2.75) is 13.8 Å². The molecule has 0 aromatic heterocycles. The smallest absolute Gasteiger partial charge is 0.234 e. The summed E-state index contributed by atoms with van der Waals surface area (Å²) in [6, 6.07) is 7.49. The highest BCUT2D eigenvalue weighted by Crippen LogP contribution is 2.08. The SMILES string of the molecule is CCNC(=O)CN(C)CC(=O)c1ccccc1C. The molecule has 1 amide bonds. The van der Waals surface area contributed by atoms with Gasteiger partial charge >= 0.3 is 0 Å². The van der Waals surface area contributed by atoms with Gasteiger partial charge in [-0.05, 0) is 26.5 Å². The standard InChI is InChI=1S/C14H20N2O2/c1-4-15-14(18)10-16(3)9-13(17)12-8-6-5-7-11(12)2/h5-8H,4,9-10H2,1-3H3,(H,15,18). The van der Waals surface area contributed by atoms with Crippen molar-refractivity contribution < 1.29 is 9.59 Å². The maximum atomic E-state index is 12.0. The second kappa shape index (κ2) is 6.91. The van der Waals surface area contributed by atoms with Crippen molar-refractivity contribution in [2.24, 2.45) is 0 Å². The van der Waals surface area contributed by atoms with Gasteiger partial charge in [-0.2, -0.15) is 0 Å². The summed E-state index contributed by atoms with van der Waals surface area (Å²) in [6.07, 6.45) is 0. The van der Waals surface area contributed by atoms with Gasteiger partial charge in [0, 0.05) is 12.1 Å². The predicted octanol–water partition coefficient (Wildman–Crippen LogP) is 1.25. The maximum Gasteiger partial charge on any atom is 0.234 e. The van der Waals surface area contributed by atoms with E-state index in [2.05, 4.69) is 5.32 Å². The molecule has 0 heterocycles. The number of ketones is 1. The highest BCUT2D eigenvalue weighted by atomic mass is 16.2. The van der Waals surface area contributed by atoms with E-state index in [0.717, 1.165) is 11.1 Å². The minimum absolute atomic E-state index is 0.0416. The monoisotopic (exact) mass is 248 g/mol. The molecule has 0 aliphatic rings. The molecular weight excluding hydrogens is 228 g/mol. The minimum Gasteiger partial charge on any atom is -0.355 e. The van der Waals surface area contributed by atoms with E-state index in [1.54, 1.807) is 11.9 Å². The van der Waals surface area contributed by atoms with Gasteiger partial charge in [-0.3, -0.25) is 14.5 Å². The van der Waals surface area contributed by atoms with Gasteiger partial charge in [0.1, 0.15) is 0 Å². The van der Waals surface area contributed by atoms with Gasteiger partial charge in [0.25, 0.3) is 0 Å². The van der Waals surface area contributed by atoms with Crippen LogP contribution >= 0.6 is 0 Å². The second-order valence-corrected chi connectivity index (χ2v) is 4.36. The Morgan fingerprint density at radius 1 is 1.22 bits per heavy atom. The highest BCUT2D eigenvalue weighted by Gasteiger charge is 2.13. The Bertz CT molecular complexity index is 430. The summed E-state index contributed by atoms with van der Waals surface area (Å²) in [5, 5.41) is 2.71. The number of carbonyl (C=O) groups is 2. The Morgan fingerprint density at radius 3 is 2.50 bits per heavy atom. The molecule has 1 aromatic rings. The van der Waals surface area contributed by atoms with Crippen LogP contribution in [-0.2, 0) is 4.79 Å². The first-order valence-corrected chi connectivity index (χ1v) is 6.08. The molecule has 0 aliphatic heterocycles. The zero-order valence-corrected chi connectivity index (χ0v) is 11.2. The third kappa shape index (κ3) is 4.30. The van der Waals surface area contributed by atoms with Crippen LogP contribution < -0.4 is 5.32 Å². The van der Waals surface area contributed by atoms with E-state index in [9.17, 15) is 9.59 Å². The highest BCUT2D eigenvalue weighted by molar-refractivity contribution is 5.99. The molecule has 0 unspecified atom stereocenters. The number of rotatable bonds is 6. The first-order valence-electron chi connectivity index (χ1n) is 6.08. The third-order valence-electron chi connectivity index (χ3n) is 2.65. The summed E-state index contributed by atoms with van der Waals surface area (Å²) in [5.41, 5.74) is 1.69. The van der Waals surface area contributed by atoms with Crippen molar-refractivity contribution >= 4 is 11.7 Å². The van der Waals surface area contributed by atoms with Crippen LogP contribution in [0.25, 0.3) is 0 Å². The molecule has 0 fully saturated rings. The second-order valence-electron chi connectivity index (χ2n) is 4.36. The molecule has 98 valence electrons. The molecule has 18 heavy (non-hydrogen) atoms. The molecule has 0 saturated heterocycles. The van der Waals surface area contributed by atoms with Crippen LogP contribution in [0.2, 0.25) is 0 Å². The molecule has 1 aromatic carbocycles. The minimum atomic E-state index is -0.0578. The number of nitrogens with one attached hydrogen (secondary N) is 1. The Morgan fingerprint density at radius 2 is 1.89 bits per heavy atom. The van der Waals surface area contributed by atoms with Crippen molar-refractivity contribution in [1.29, 1.82) is 0 Å². The number of hydrogen-bond acceptors (Lipinski definition) is 3. The number of nitrogens with zero attached hydrogens (tertiary/aromatic N) is 1. The Hall–Kier alpha value is -1.68. The quantitative estimate of drug-likeness (QED) is 0.771. The molecule has 0 spiro atoms. The fourth-order valence-corrected chi connectivity index (χ4v) is 1.77. The summed E-state index contributed by atoms with van der Waals surface area (Å²) in [7, 11) is 1.77. The van der Waals surface area contributed by atoms with Crippen LogP contribution in [-0.4, -0.2) is 43.3 Å². The molecule has 0 radical (unpaired) electrons. The van der Waals surface area contributed by atoms with E-state index < -0.39 is 0 Å². The lowest BCUT2D eigenvalue weighted by Crippen LogP contribution is -2.37. The van der Waals surface area contributed by atoms with E-state index in [-0.39, 0.29) is 24.8 Å². The fraction of sp³-hybridized carbons (Fsp3) is 0.429. The molecule has 1 rings (SSSR count). The van der Waals surface area contributed by atoms with E-state index in [1.165, 1.54) is 0 Å². The van der Waals surface area contributed by atoms with E-state index in [0.29, 0.717) is 6.54 Å². The van der Waals surface area contributed by atoms with Crippen molar-refractivity contribution in [3.63, 3.8) is 0 Å². The van der Waals surface area contributed by atoms with E-state index in [4.69, 9.17) is 0 Å². The number of aryl methyl sites for hydroxylation is 1. The summed E-state index contributed by atoms with van der Waals surface area (Å²) >= 11 is 0. The molecule has 0 atom stereocenters. The van der Waals surface area contributed by atoms with Gasteiger partial charge in [-0.25, -0.2) is 0 Å². The molecule has 0 bridgehead atoms. The lowest BCUT2D eigenvalue weighted by Gasteiger charge is -2.15. The number of likely N-dealkylation sites (N-methyl/N-ethyl adjacent to an activating group) is 2. The van der Waals surface area contributed by atoms with Gasteiger partial charge < -0.3 is 5.32 Å². The number of amides is 1. The Balaban J connectivity index is 2.55. The summed E-state index contributed by atoms with van der Waals surface area (Å²) < 4.78 is 0. The third-order valence-corrected chi connectivity index (χ3v) is 2.65. The summed E-state index contributed by atoms with van der Waals surface area (Å²) in [4.78, 5) is 25.1. The van der Waals surface area contributed by atoms with E-state index >= 15 is 0 Å². The molecule has 4 nitrogen and oxygen atoms in total. The van der Waals surface area contributed by atoms with E-state index in [1.807, 2.05) is 38.1 Å². The largest absolute Gasteiger partial charge is 0.355 e. The first kappa shape index (κ1) is 14.4. The Labute approximate surface area is 108 Å². The van der Waals surface area contributed by atoms with Crippen molar-refractivity contribution in [1.82, 2.24) is 10.2 Å². The number of hydrogen-bond donors (Lipinski definition) is 1. The zero-order chi connectivity index (χ0) is 13.5. The molecule has 4 heteroatoms. The van der Waals surface area contributed by atoms with Crippen LogP contribution in [0, 0.1) is 6.92 Å². The number of benzene rings is 1. The summed E-state index contributed by atoms with van der Waals surface area (Å²) in [6.45, 7) is 4.89. The fourth-order valence-electron chi connectivity index (χ4n) is 1.77. The van der Waals surface area contributed by atoms with Gasteiger partial charge in [0.15, 0.2) is 5.78 Å². The summed E-state index contributed by atoms with van der Waals surface area (Å²) in [5.74, 6) is -0.0162. The van der Waals surface area contributed by atoms with Gasteiger partial charge in [-0.15, -0.1) is 0 Å². The van der Waals surface area contributed by atoms with Crippen molar-refractivity contribution in [3.8, 4) is 0 Å². The average Bonchev–Trinajstić information content (AvgIpc) is 2.29. The lowest BCUT2D eigenvalue weighted by atomic mass is 10.0. The van der Waals surface area contributed by atoms with Gasteiger partial charge in [0.05, 0.1) is 13.1 Å².